The van der Waals surface area contributed by atoms with E-state index < -0.39 is 0 Å². The van der Waals surface area contributed by atoms with Crippen LogP contribution in [0.3, 0.4) is 0 Å². The van der Waals surface area contributed by atoms with Gasteiger partial charge in [0.1, 0.15) is 11.6 Å². The second-order valence-corrected chi connectivity index (χ2v) is 5.93. The predicted molar refractivity (Wildman–Crippen MR) is 75.9 cm³/mol. The molecule has 0 saturated carbocycles. The molecule has 1 atom stereocenters. The summed E-state index contributed by atoms with van der Waals surface area (Å²) in [6, 6.07) is 11.0. The lowest BCUT2D eigenvalue weighted by atomic mass is 10.0. The van der Waals surface area contributed by atoms with Crippen LogP contribution >= 0.6 is 31.9 Å². The molecule has 0 aliphatic rings. The second kappa shape index (κ2) is 5.93. The molecule has 94 valence electrons. The lowest BCUT2D eigenvalue weighted by Gasteiger charge is -2.12. The van der Waals surface area contributed by atoms with Crippen LogP contribution in [0.1, 0.15) is 16.0 Å². The van der Waals surface area contributed by atoms with Gasteiger partial charge in [0.15, 0.2) is 0 Å². The van der Waals surface area contributed by atoms with Crippen molar-refractivity contribution in [3.63, 3.8) is 0 Å². The van der Waals surface area contributed by atoms with E-state index in [0.29, 0.717) is 6.42 Å². The molecule has 4 heteroatoms. The van der Waals surface area contributed by atoms with Gasteiger partial charge in [-0.1, -0.05) is 44.0 Å². The summed E-state index contributed by atoms with van der Waals surface area (Å²) < 4.78 is 27.1. The molecule has 0 heterocycles. The monoisotopic (exact) mass is 374 g/mol. The van der Waals surface area contributed by atoms with Crippen LogP contribution in [0.4, 0.5) is 8.78 Å². The van der Waals surface area contributed by atoms with E-state index in [1.54, 1.807) is 12.1 Å². The predicted octanol–water partition coefficient (Wildman–Crippen LogP) is 5.41. The van der Waals surface area contributed by atoms with Crippen molar-refractivity contribution in [3.05, 3.63) is 69.7 Å². The van der Waals surface area contributed by atoms with Gasteiger partial charge < -0.3 is 0 Å². The fourth-order valence-electron chi connectivity index (χ4n) is 1.74. The molecule has 0 aliphatic carbocycles. The molecular formula is C14H10Br2F2. The molecule has 0 N–H and O–H groups in total. The zero-order valence-electron chi connectivity index (χ0n) is 9.34. The van der Waals surface area contributed by atoms with Gasteiger partial charge in [-0.05, 0) is 47.9 Å². The molecule has 18 heavy (non-hydrogen) atoms. The van der Waals surface area contributed by atoms with Crippen molar-refractivity contribution in [2.24, 2.45) is 0 Å². The molecule has 1 unspecified atom stereocenters. The minimum atomic E-state index is -0.281. The molecule has 2 rings (SSSR count). The first-order valence-electron chi connectivity index (χ1n) is 5.40. The van der Waals surface area contributed by atoms with Crippen LogP contribution < -0.4 is 0 Å². The van der Waals surface area contributed by atoms with Crippen molar-refractivity contribution >= 4 is 31.9 Å². The van der Waals surface area contributed by atoms with E-state index in [1.165, 1.54) is 24.3 Å². The average molecular weight is 376 g/mol. The Labute approximate surface area is 121 Å². The fourth-order valence-corrected chi connectivity index (χ4v) is 3.32. The fraction of sp³-hybridized carbons (Fsp3) is 0.143. The van der Waals surface area contributed by atoms with Crippen LogP contribution in [0, 0.1) is 11.6 Å². The summed E-state index contributed by atoms with van der Waals surface area (Å²) in [5.74, 6) is -0.539. The summed E-state index contributed by atoms with van der Waals surface area (Å²) in [5, 5.41) is 0. The minimum Gasteiger partial charge on any atom is -0.207 e. The van der Waals surface area contributed by atoms with Crippen molar-refractivity contribution in [1.82, 2.24) is 0 Å². The smallest absolute Gasteiger partial charge is 0.123 e. The Bertz CT molecular complexity index is 555. The summed E-state index contributed by atoms with van der Waals surface area (Å²) in [7, 11) is 0. The third kappa shape index (κ3) is 3.39. The highest BCUT2D eigenvalue weighted by molar-refractivity contribution is 9.11. The number of halogens is 4. The van der Waals surface area contributed by atoms with E-state index in [4.69, 9.17) is 0 Å². The van der Waals surface area contributed by atoms with Crippen LogP contribution in [0.25, 0.3) is 0 Å². The van der Waals surface area contributed by atoms with Crippen LogP contribution in [0.15, 0.2) is 46.9 Å². The number of alkyl halides is 1. The minimum absolute atomic E-state index is 0.0654. The van der Waals surface area contributed by atoms with Gasteiger partial charge in [-0.15, -0.1) is 0 Å². The molecule has 0 spiro atoms. The SMILES string of the molecule is Fc1cccc(CC(Br)c2cc(F)ccc2Br)c1. The molecule has 0 aromatic heterocycles. The highest BCUT2D eigenvalue weighted by atomic mass is 79.9. The zero-order chi connectivity index (χ0) is 13.1. The number of benzene rings is 2. The van der Waals surface area contributed by atoms with E-state index in [9.17, 15) is 8.78 Å². The van der Waals surface area contributed by atoms with Crippen molar-refractivity contribution in [1.29, 1.82) is 0 Å². The first-order chi connectivity index (χ1) is 8.56. The van der Waals surface area contributed by atoms with Gasteiger partial charge in [-0.3, -0.25) is 0 Å². The highest BCUT2D eigenvalue weighted by Gasteiger charge is 2.13. The largest absolute Gasteiger partial charge is 0.207 e. The molecule has 0 fully saturated rings. The molecule has 0 saturated heterocycles. The third-order valence-electron chi connectivity index (χ3n) is 2.60. The van der Waals surface area contributed by atoms with Crippen molar-refractivity contribution < 1.29 is 8.78 Å². The second-order valence-electron chi connectivity index (χ2n) is 3.97. The van der Waals surface area contributed by atoms with Gasteiger partial charge in [-0.25, -0.2) is 8.78 Å². The van der Waals surface area contributed by atoms with E-state index >= 15 is 0 Å². The van der Waals surface area contributed by atoms with E-state index in [-0.39, 0.29) is 16.5 Å². The first kappa shape index (κ1) is 13.7. The Morgan fingerprint density at radius 3 is 2.44 bits per heavy atom. The Balaban J connectivity index is 2.21. The Morgan fingerprint density at radius 2 is 1.72 bits per heavy atom. The maximum atomic E-state index is 13.2. The van der Waals surface area contributed by atoms with Crippen LogP contribution in [0.5, 0.6) is 0 Å². The van der Waals surface area contributed by atoms with Gasteiger partial charge in [0.05, 0.1) is 0 Å². The first-order valence-corrected chi connectivity index (χ1v) is 7.10. The summed E-state index contributed by atoms with van der Waals surface area (Å²) in [4.78, 5) is -0.0654. The topological polar surface area (TPSA) is 0 Å². The molecule has 2 aromatic carbocycles. The summed E-state index contributed by atoms with van der Waals surface area (Å²) in [5.41, 5.74) is 1.69. The number of rotatable bonds is 3. The molecule has 0 bridgehead atoms. The van der Waals surface area contributed by atoms with Crippen molar-refractivity contribution in [3.8, 4) is 0 Å². The molecule has 0 nitrogen and oxygen atoms in total. The van der Waals surface area contributed by atoms with Crippen LogP contribution in [-0.2, 0) is 6.42 Å². The van der Waals surface area contributed by atoms with E-state index in [2.05, 4.69) is 31.9 Å². The molecular weight excluding hydrogens is 366 g/mol. The zero-order valence-corrected chi connectivity index (χ0v) is 12.5. The Kier molecular flexibility index (Phi) is 4.51. The summed E-state index contributed by atoms with van der Waals surface area (Å²) >= 11 is 6.90. The molecule has 0 aliphatic heterocycles. The standard InChI is InChI=1S/C14H10Br2F2/c15-13-5-4-11(18)8-12(13)14(16)7-9-2-1-3-10(17)6-9/h1-6,8,14H,7H2. The Hall–Kier alpha value is -0.740. The maximum absolute atomic E-state index is 13.2. The van der Waals surface area contributed by atoms with Gasteiger partial charge in [0, 0.05) is 9.30 Å². The van der Waals surface area contributed by atoms with Crippen molar-refractivity contribution in [2.45, 2.75) is 11.2 Å². The third-order valence-corrected chi connectivity index (χ3v) is 4.14. The maximum Gasteiger partial charge on any atom is 0.123 e. The number of hydrogen-bond acceptors (Lipinski definition) is 0. The molecule has 0 radical (unpaired) electrons. The lowest BCUT2D eigenvalue weighted by Crippen LogP contribution is -1.98. The van der Waals surface area contributed by atoms with Crippen LogP contribution in [-0.4, -0.2) is 0 Å². The van der Waals surface area contributed by atoms with E-state index in [1.807, 2.05) is 6.07 Å². The number of hydrogen-bond donors (Lipinski definition) is 0. The quantitative estimate of drug-likeness (QED) is 0.629. The normalized spacial score (nSPS) is 12.4. The summed E-state index contributed by atoms with van der Waals surface area (Å²) in [6.45, 7) is 0. The van der Waals surface area contributed by atoms with Gasteiger partial charge in [0.2, 0.25) is 0 Å². The highest BCUT2D eigenvalue weighted by Crippen LogP contribution is 2.33. The molecule has 0 amide bonds. The molecule has 2 aromatic rings. The van der Waals surface area contributed by atoms with E-state index in [0.717, 1.165) is 15.6 Å². The van der Waals surface area contributed by atoms with Gasteiger partial charge >= 0.3 is 0 Å². The average Bonchev–Trinajstić information content (AvgIpc) is 2.32. The Morgan fingerprint density at radius 1 is 1.00 bits per heavy atom. The van der Waals surface area contributed by atoms with Gasteiger partial charge in [0.25, 0.3) is 0 Å². The summed E-state index contributed by atoms with van der Waals surface area (Å²) in [6.07, 6.45) is 0.597. The van der Waals surface area contributed by atoms with Crippen LogP contribution in [0.2, 0.25) is 0 Å². The van der Waals surface area contributed by atoms with Crippen molar-refractivity contribution in [2.75, 3.05) is 0 Å². The lowest BCUT2D eigenvalue weighted by molar-refractivity contribution is 0.622. The van der Waals surface area contributed by atoms with Gasteiger partial charge in [-0.2, -0.15) is 0 Å².